The predicted octanol–water partition coefficient (Wildman–Crippen LogP) is 4.05. The van der Waals surface area contributed by atoms with Gasteiger partial charge in [-0.05, 0) is 30.2 Å². The van der Waals surface area contributed by atoms with Gasteiger partial charge >= 0.3 is 0 Å². The van der Waals surface area contributed by atoms with Crippen LogP contribution in [0.2, 0.25) is 5.02 Å². The van der Waals surface area contributed by atoms with Gasteiger partial charge in [-0.3, -0.25) is 0 Å². The van der Waals surface area contributed by atoms with Gasteiger partial charge in [0.15, 0.2) is 0 Å². The van der Waals surface area contributed by atoms with Crippen molar-refractivity contribution < 1.29 is 5.11 Å². The number of rotatable bonds is 5. The SMILES string of the molecule is CCc1cccc(NCC(O)c2ccccc2Cl)c1. The molecule has 2 rings (SSSR count). The first-order valence-electron chi connectivity index (χ1n) is 6.46. The van der Waals surface area contributed by atoms with Gasteiger partial charge in [0.05, 0.1) is 6.10 Å². The zero-order chi connectivity index (χ0) is 13.7. The van der Waals surface area contributed by atoms with Gasteiger partial charge in [-0.25, -0.2) is 0 Å². The fourth-order valence-electron chi connectivity index (χ4n) is 1.97. The summed E-state index contributed by atoms with van der Waals surface area (Å²) < 4.78 is 0. The Labute approximate surface area is 119 Å². The van der Waals surface area contributed by atoms with Crippen LogP contribution in [0.1, 0.15) is 24.2 Å². The monoisotopic (exact) mass is 275 g/mol. The van der Waals surface area contributed by atoms with Crippen LogP contribution in [0, 0.1) is 0 Å². The predicted molar refractivity (Wildman–Crippen MR) is 80.7 cm³/mol. The van der Waals surface area contributed by atoms with Gasteiger partial charge in [-0.2, -0.15) is 0 Å². The van der Waals surface area contributed by atoms with Gasteiger partial charge in [0.25, 0.3) is 0 Å². The molecule has 0 radical (unpaired) electrons. The molecule has 0 spiro atoms. The first-order chi connectivity index (χ1) is 9.20. The molecular formula is C16H18ClNO. The fourth-order valence-corrected chi connectivity index (χ4v) is 2.23. The van der Waals surface area contributed by atoms with Gasteiger partial charge in [-0.1, -0.05) is 48.9 Å². The van der Waals surface area contributed by atoms with E-state index in [-0.39, 0.29) is 0 Å². The van der Waals surface area contributed by atoms with Crippen molar-refractivity contribution in [3.05, 3.63) is 64.7 Å². The Balaban J connectivity index is 2.00. The number of aliphatic hydroxyl groups is 1. The molecule has 0 bridgehead atoms. The van der Waals surface area contributed by atoms with Crippen molar-refractivity contribution in [2.24, 2.45) is 0 Å². The molecule has 2 nitrogen and oxygen atoms in total. The van der Waals surface area contributed by atoms with Crippen LogP contribution >= 0.6 is 11.6 Å². The quantitative estimate of drug-likeness (QED) is 0.863. The Morgan fingerprint density at radius 1 is 1.16 bits per heavy atom. The summed E-state index contributed by atoms with van der Waals surface area (Å²) in [6.07, 6.45) is 0.391. The van der Waals surface area contributed by atoms with E-state index in [1.54, 1.807) is 6.07 Å². The average molecular weight is 276 g/mol. The summed E-state index contributed by atoms with van der Waals surface area (Å²) in [7, 11) is 0. The molecule has 2 aromatic carbocycles. The van der Waals surface area contributed by atoms with E-state index in [0.717, 1.165) is 17.7 Å². The first kappa shape index (κ1) is 13.9. The lowest BCUT2D eigenvalue weighted by Gasteiger charge is -2.15. The Morgan fingerprint density at radius 2 is 1.95 bits per heavy atom. The average Bonchev–Trinajstić information content (AvgIpc) is 2.45. The third kappa shape index (κ3) is 3.72. The van der Waals surface area contributed by atoms with Crippen LogP contribution in [0.4, 0.5) is 5.69 Å². The highest BCUT2D eigenvalue weighted by Crippen LogP contribution is 2.23. The highest BCUT2D eigenvalue weighted by molar-refractivity contribution is 6.31. The van der Waals surface area contributed by atoms with Gasteiger partial charge in [-0.15, -0.1) is 0 Å². The zero-order valence-corrected chi connectivity index (χ0v) is 11.7. The number of benzene rings is 2. The molecular weight excluding hydrogens is 258 g/mol. The number of aliphatic hydroxyl groups excluding tert-OH is 1. The van der Waals surface area contributed by atoms with E-state index in [0.29, 0.717) is 11.6 Å². The van der Waals surface area contributed by atoms with Crippen LogP contribution in [-0.4, -0.2) is 11.7 Å². The lowest BCUT2D eigenvalue weighted by atomic mass is 10.1. The fraction of sp³-hybridized carbons (Fsp3) is 0.250. The third-order valence-electron chi connectivity index (χ3n) is 3.10. The lowest BCUT2D eigenvalue weighted by Crippen LogP contribution is -2.12. The number of hydrogen-bond donors (Lipinski definition) is 2. The van der Waals surface area contributed by atoms with Crippen LogP contribution in [-0.2, 0) is 6.42 Å². The van der Waals surface area contributed by atoms with Crippen molar-refractivity contribution in [2.75, 3.05) is 11.9 Å². The molecule has 0 aliphatic heterocycles. The summed E-state index contributed by atoms with van der Waals surface area (Å²) in [5.74, 6) is 0. The van der Waals surface area contributed by atoms with E-state index in [9.17, 15) is 5.11 Å². The van der Waals surface area contributed by atoms with Crippen molar-refractivity contribution in [2.45, 2.75) is 19.4 Å². The van der Waals surface area contributed by atoms with Crippen molar-refractivity contribution in [3.8, 4) is 0 Å². The summed E-state index contributed by atoms with van der Waals surface area (Å²) in [5.41, 5.74) is 3.05. The normalized spacial score (nSPS) is 12.2. The minimum atomic E-state index is -0.612. The summed E-state index contributed by atoms with van der Waals surface area (Å²) in [4.78, 5) is 0. The van der Waals surface area contributed by atoms with Crippen LogP contribution in [0.5, 0.6) is 0 Å². The highest BCUT2D eigenvalue weighted by Gasteiger charge is 2.10. The first-order valence-corrected chi connectivity index (χ1v) is 6.84. The van der Waals surface area contributed by atoms with Crippen molar-refractivity contribution >= 4 is 17.3 Å². The molecule has 1 unspecified atom stereocenters. The molecule has 0 aliphatic carbocycles. The molecule has 0 aromatic heterocycles. The van der Waals surface area contributed by atoms with Crippen LogP contribution < -0.4 is 5.32 Å². The standard InChI is InChI=1S/C16H18ClNO/c1-2-12-6-5-7-13(10-12)18-11-16(19)14-8-3-4-9-15(14)17/h3-10,16,18-19H,2,11H2,1H3. The van der Waals surface area contributed by atoms with E-state index in [1.807, 2.05) is 30.3 Å². The number of nitrogens with one attached hydrogen (secondary N) is 1. The number of hydrogen-bond acceptors (Lipinski definition) is 2. The van der Waals surface area contributed by atoms with Crippen molar-refractivity contribution in [3.63, 3.8) is 0 Å². The summed E-state index contributed by atoms with van der Waals surface area (Å²) in [6.45, 7) is 2.56. The molecule has 0 fully saturated rings. The second-order valence-corrected chi connectivity index (χ2v) is 4.88. The summed E-state index contributed by atoms with van der Waals surface area (Å²) in [6, 6.07) is 15.6. The van der Waals surface area contributed by atoms with Gasteiger partial charge in [0.1, 0.15) is 0 Å². The zero-order valence-electron chi connectivity index (χ0n) is 10.9. The Bertz CT molecular complexity index is 542. The maximum Gasteiger partial charge on any atom is 0.0976 e. The molecule has 2 N–H and O–H groups in total. The molecule has 0 amide bonds. The minimum Gasteiger partial charge on any atom is -0.387 e. The molecule has 0 saturated carbocycles. The smallest absolute Gasteiger partial charge is 0.0976 e. The largest absolute Gasteiger partial charge is 0.387 e. The molecule has 100 valence electrons. The number of halogens is 1. The second-order valence-electron chi connectivity index (χ2n) is 4.47. The molecule has 19 heavy (non-hydrogen) atoms. The van der Waals surface area contributed by atoms with Gasteiger partial charge < -0.3 is 10.4 Å². The summed E-state index contributed by atoms with van der Waals surface area (Å²) in [5, 5.41) is 14.0. The molecule has 0 saturated heterocycles. The molecule has 2 aromatic rings. The van der Waals surface area contributed by atoms with Gasteiger partial charge in [0.2, 0.25) is 0 Å². The number of anilines is 1. The van der Waals surface area contributed by atoms with Gasteiger partial charge in [0, 0.05) is 22.8 Å². The van der Waals surface area contributed by atoms with E-state index in [2.05, 4.69) is 24.4 Å². The van der Waals surface area contributed by atoms with Crippen LogP contribution in [0.25, 0.3) is 0 Å². The van der Waals surface area contributed by atoms with Crippen LogP contribution in [0.3, 0.4) is 0 Å². The third-order valence-corrected chi connectivity index (χ3v) is 3.44. The van der Waals surface area contributed by atoms with E-state index in [1.165, 1.54) is 5.56 Å². The molecule has 1 atom stereocenters. The highest BCUT2D eigenvalue weighted by atomic mass is 35.5. The maximum absolute atomic E-state index is 10.1. The number of aryl methyl sites for hydroxylation is 1. The second kappa shape index (κ2) is 6.60. The van der Waals surface area contributed by atoms with E-state index >= 15 is 0 Å². The molecule has 3 heteroatoms. The van der Waals surface area contributed by atoms with Crippen molar-refractivity contribution in [1.29, 1.82) is 0 Å². The topological polar surface area (TPSA) is 32.3 Å². The molecule has 0 aliphatic rings. The Hall–Kier alpha value is -1.51. The molecule has 0 heterocycles. The van der Waals surface area contributed by atoms with E-state index < -0.39 is 6.10 Å². The van der Waals surface area contributed by atoms with E-state index in [4.69, 9.17) is 11.6 Å². The van der Waals surface area contributed by atoms with Crippen molar-refractivity contribution in [1.82, 2.24) is 0 Å². The van der Waals surface area contributed by atoms with Crippen LogP contribution in [0.15, 0.2) is 48.5 Å². The minimum absolute atomic E-state index is 0.441. The maximum atomic E-state index is 10.1. The Kier molecular flexibility index (Phi) is 4.83. The Morgan fingerprint density at radius 3 is 2.68 bits per heavy atom. The lowest BCUT2D eigenvalue weighted by molar-refractivity contribution is 0.192. The summed E-state index contributed by atoms with van der Waals surface area (Å²) >= 11 is 6.06.